The smallest absolute Gasteiger partial charge is 0.174 e. The number of ether oxygens (including phenoxy) is 1. The van der Waals surface area contributed by atoms with Crippen LogP contribution in [0.4, 0.5) is 0 Å². The Hall–Kier alpha value is -1.45. The molecular formula is C13H17NO2. The van der Waals surface area contributed by atoms with Gasteiger partial charge in [-0.2, -0.15) is 0 Å². The molecule has 0 bridgehead atoms. The fourth-order valence-corrected chi connectivity index (χ4v) is 1.27. The highest BCUT2D eigenvalue weighted by Gasteiger charge is 2.18. The first-order chi connectivity index (χ1) is 7.65. The molecule has 0 radical (unpaired) electrons. The summed E-state index contributed by atoms with van der Waals surface area (Å²) in [6.45, 7) is 5.64. The average Bonchev–Trinajstić information content (AvgIpc) is 2.35. The van der Waals surface area contributed by atoms with Crippen molar-refractivity contribution in [3.05, 3.63) is 48.6 Å². The van der Waals surface area contributed by atoms with Crippen molar-refractivity contribution in [2.24, 2.45) is 5.73 Å². The Kier molecular flexibility index (Phi) is 4.89. The van der Waals surface area contributed by atoms with Crippen LogP contribution in [0, 0.1) is 0 Å². The molecule has 0 heterocycles. The molecular weight excluding hydrogens is 202 g/mol. The van der Waals surface area contributed by atoms with Crippen LogP contribution in [-0.4, -0.2) is 17.9 Å². The third-order valence-electron chi connectivity index (χ3n) is 2.39. The highest BCUT2D eigenvalue weighted by atomic mass is 16.5. The standard InChI is InChI=1S/C13H17NO2/c1-3-12(15)13(14)10(2)16-9-11-7-5-4-6-8-11/h3-8,10,13H,1,9,14H2,2H3/t10-,13+/m0/s1. The van der Waals surface area contributed by atoms with Gasteiger partial charge in [-0.05, 0) is 18.6 Å². The van der Waals surface area contributed by atoms with Crippen LogP contribution in [0.2, 0.25) is 0 Å². The normalized spacial score (nSPS) is 14.1. The summed E-state index contributed by atoms with van der Waals surface area (Å²) in [5, 5.41) is 0. The quantitative estimate of drug-likeness (QED) is 0.740. The van der Waals surface area contributed by atoms with E-state index in [0.717, 1.165) is 5.56 Å². The summed E-state index contributed by atoms with van der Waals surface area (Å²) in [6, 6.07) is 9.12. The molecule has 86 valence electrons. The van der Waals surface area contributed by atoms with Crippen LogP contribution in [-0.2, 0) is 16.1 Å². The van der Waals surface area contributed by atoms with Gasteiger partial charge in [0.25, 0.3) is 0 Å². The SMILES string of the molecule is C=CC(=O)[C@H](N)[C@H](C)OCc1ccccc1. The van der Waals surface area contributed by atoms with Crippen molar-refractivity contribution in [3.8, 4) is 0 Å². The lowest BCUT2D eigenvalue weighted by molar-refractivity contribution is -0.119. The van der Waals surface area contributed by atoms with Gasteiger partial charge in [0.2, 0.25) is 0 Å². The van der Waals surface area contributed by atoms with E-state index >= 15 is 0 Å². The molecule has 0 saturated carbocycles. The second-order valence-corrected chi connectivity index (χ2v) is 3.63. The number of hydrogen-bond donors (Lipinski definition) is 1. The molecule has 0 aromatic heterocycles. The van der Waals surface area contributed by atoms with Crippen molar-refractivity contribution in [1.82, 2.24) is 0 Å². The van der Waals surface area contributed by atoms with Gasteiger partial charge in [0.1, 0.15) is 0 Å². The minimum absolute atomic E-state index is 0.194. The third kappa shape index (κ3) is 3.61. The van der Waals surface area contributed by atoms with Crippen LogP contribution in [0.3, 0.4) is 0 Å². The maximum atomic E-state index is 11.2. The van der Waals surface area contributed by atoms with Crippen molar-refractivity contribution in [1.29, 1.82) is 0 Å². The summed E-state index contributed by atoms with van der Waals surface area (Å²) in [4.78, 5) is 11.2. The van der Waals surface area contributed by atoms with Crippen LogP contribution in [0.15, 0.2) is 43.0 Å². The first-order valence-corrected chi connectivity index (χ1v) is 5.22. The molecule has 1 aromatic carbocycles. The number of carbonyl (C=O) groups is 1. The van der Waals surface area contributed by atoms with Crippen molar-refractivity contribution in [3.63, 3.8) is 0 Å². The fraction of sp³-hybridized carbons (Fsp3) is 0.308. The van der Waals surface area contributed by atoms with Crippen molar-refractivity contribution < 1.29 is 9.53 Å². The molecule has 1 rings (SSSR count). The van der Waals surface area contributed by atoms with E-state index in [0.29, 0.717) is 6.61 Å². The van der Waals surface area contributed by atoms with Crippen LogP contribution in [0.1, 0.15) is 12.5 Å². The highest BCUT2D eigenvalue weighted by molar-refractivity contribution is 5.94. The minimum atomic E-state index is -0.638. The lowest BCUT2D eigenvalue weighted by atomic mass is 10.1. The number of hydrogen-bond acceptors (Lipinski definition) is 3. The maximum Gasteiger partial charge on any atom is 0.174 e. The Bertz CT molecular complexity index is 348. The number of carbonyl (C=O) groups excluding carboxylic acids is 1. The lowest BCUT2D eigenvalue weighted by Gasteiger charge is -2.18. The zero-order chi connectivity index (χ0) is 12.0. The van der Waals surface area contributed by atoms with E-state index in [4.69, 9.17) is 10.5 Å². The van der Waals surface area contributed by atoms with Crippen LogP contribution in [0.25, 0.3) is 0 Å². The second kappa shape index (κ2) is 6.20. The fourth-order valence-electron chi connectivity index (χ4n) is 1.27. The highest BCUT2D eigenvalue weighted by Crippen LogP contribution is 2.05. The summed E-state index contributed by atoms with van der Waals surface area (Å²) in [7, 11) is 0. The van der Waals surface area contributed by atoms with E-state index in [1.165, 1.54) is 6.08 Å². The van der Waals surface area contributed by atoms with Gasteiger partial charge in [0.05, 0.1) is 18.8 Å². The summed E-state index contributed by atoms with van der Waals surface area (Å²) in [5.41, 5.74) is 6.75. The van der Waals surface area contributed by atoms with Crippen LogP contribution < -0.4 is 5.73 Å². The molecule has 0 aliphatic rings. The molecule has 2 atom stereocenters. The second-order valence-electron chi connectivity index (χ2n) is 3.63. The molecule has 3 nitrogen and oxygen atoms in total. The Balaban J connectivity index is 2.44. The minimum Gasteiger partial charge on any atom is -0.372 e. The van der Waals surface area contributed by atoms with E-state index in [9.17, 15) is 4.79 Å². The van der Waals surface area contributed by atoms with Gasteiger partial charge in [-0.3, -0.25) is 4.79 Å². The van der Waals surface area contributed by atoms with Crippen molar-refractivity contribution in [2.45, 2.75) is 25.7 Å². The van der Waals surface area contributed by atoms with Crippen molar-refractivity contribution >= 4 is 5.78 Å². The van der Waals surface area contributed by atoms with Gasteiger partial charge in [-0.1, -0.05) is 36.9 Å². The summed E-state index contributed by atoms with van der Waals surface area (Å²) in [5.74, 6) is -0.194. The molecule has 1 aromatic rings. The topological polar surface area (TPSA) is 52.3 Å². The van der Waals surface area contributed by atoms with Gasteiger partial charge in [0, 0.05) is 0 Å². The monoisotopic (exact) mass is 219 g/mol. The first kappa shape index (κ1) is 12.6. The van der Waals surface area contributed by atoms with Gasteiger partial charge >= 0.3 is 0 Å². The molecule has 2 N–H and O–H groups in total. The molecule has 0 aliphatic heterocycles. The van der Waals surface area contributed by atoms with Crippen LogP contribution >= 0.6 is 0 Å². The molecule has 0 unspecified atom stereocenters. The summed E-state index contributed by atoms with van der Waals surface area (Å²) >= 11 is 0. The molecule has 3 heteroatoms. The van der Waals surface area contributed by atoms with Gasteiger partial charge in [0.15, 0.2) is 5.78 Å². The Labute approximate surface area is 95.9 Å². The number of benzene rings is 1. The zero-order valence-corrected chi connectivity index (χ0v) is 9.43. The molecule has 0 saturated heterocycles. The Morgan fingerprint density at radius 3 is 2.69 bits per heavy atom. The molecule has 0 aliphatic carbocycles. The number of ketones is 1. The van der Waals surface area contributed by atoms with E-state index in [1.807, 2.05) is 30.3 Å². The van der Waals surface area contributed by atoms with Gasteiger partial charge in [-0.15, -0.1) is 0 Å². The summed E-state index contributed by atoms with van der Waals surface area (Å²) in [6.07, 6.45) is 0.915. The third-order valence-corrected chi connectivity index (χ3v) is 2.39. The average molecular weight is 219 g/mol. The predicted octanol–water partition coefficient (Wildman–Crippen LogP) is 1.67. The predicted molar refractivity (Wildman–Crippen MR) is 63.9 cm³/mol. The van der Waals surface area contributed by atoms with E-state index in [-0.39, 0.29) is 11.9 Å². The van der Waals surface area contributed by atoms with Crippen LogP contribution in [0.5, 0.6) is 0 Å². The van der Waals surface area contributed by atoms with E-state index < -0.39 is 6.04 Å². The molecule has 0 fully saturated rings. The largest absolute Gasteiger partial charge is 0.372 e. The molecule has 16 heavy (non-hydrogen) atoms. The first-order valence-electron chi connectivity index (χ1n) is 5.22. The molecule has 0 spiro atoms. The lowest BCUT2D eigenvalue weighted by Crippen LogP contribution is -2.40. The van der Waals surface area contributed by atoms with E-state index in [1.54, 1.807) is 6.92 Å². The molecule has 0 amide bonds. The number of rotatable bonds is 6. The maximum absolute atomic E-state index is 11.2. The Morgan fingerprint density at radius 2 is 2.12 bits per heavy atom. The zero-order valence-electron chi connectivity index (χ0n) is 9.43. The van der Waals surface area contributed by atoms with Gasteiger partial charge in [-0.25, -0.2) is 0 Å². The van der Waals surface area contributed by atoms with E-state index in [2.05, 4.69) is 6.58 Å². The number of nitrogens with two attached hydrogens (primary N) is 1. The van der Waals surface area contributed by atoms with Gasteiger partial charge < -0.3 is 10.5 Å². The van der Waals surface area contributed by atoms with Crippen molar-refractivity contribution in [2.75, 3.05) is 0 Å². The summed E-state index contributed by atoms with van der Waals surface area (Å²) < 4.78 is 5.52. The Morgan fingerprint density at radius 1 is 1.50 bits per heavy atom.